The molecule has 1 amide bonds. The van der Waals surface area contributed by atoms with E-state index in [1.165, 1.54) is 6.33 Å². The van der Waals surface area contributed by atoms with Gasteiger partial charge in [0.15, 0.2) is 11.6 Å². The maximum absolute atomic E-state index is 15.8. The summed E-state index contributed by atoms with van der Waals surface area (Å²) in [5.74, 6) is 4.15. The van der Waals surface area contributed by atoms with Gasteiger partial charge in [0.05, 0.1) is 40.8 Å². The highest BCUT2D eigenvalue weighted by molar-refractivity contribution is 6.00. The van der Waals surface area contributed by atoms with Gasteiger partial charge in [-0.15, -0.1) is 6.42 Å². The zero-order valence-corrected chi connectivity index (χ0v) is 27.6. The third kappa shape index (κ3) is 6.96. The number of fused-ring (bicyclic) bond motifs is 5. The Hall–Kier alpha value is -5.41. The summed E-state index contributed by atoms with van der Waals surface area (Å²) in [6.07, 6.45) is 17.5. The smallest absolute Gasteiger partial charge is 0.246 e. The predicted molar refractivity (Wildman–Crippen MR) is 186 cm³/mol. The summed E-state index contributed by atoms with van der Waals surface area (Å²) in [6, 6.07) is 7.27. The van der Waals surface area contributed by atoms with Gasteiger partial charge in [-0.25, -0.2) is 14.4 Å². The molecule has 0 saturated carbocycles. The minimum absolute atomic E-state index is 0.00411. The molecule has 2 aromatic carbocycles. The summed E-state index contributed by atoms with van der Waals surface area (Å²) in [7, 11) is 3.93. The maximum atomic E-state index is 15.8. The van der Waals surface area contributed by atoms with Crippen molar-refractivity contribution in [3.05, 3.63) is 78.2 Å². The maximum Gasteiger partial charge on any atom is 0.246 e. The molecule has 1 N–H and O–H groups in total. The average Bonchev–Trinajstić information content (AvgIpc) is 3.10. The number of carbonyl (C=O) groups excluding carboxylic acids is 1. The number of hydrogen-bond donors (Lipinski definition) is 1. The third-order valence-electron chi connectivity index (χ3n) is 8.40. The summed E-state index contributed by atoms with van der Waals surface area (Å²) in [5, 5.41) is 9.93. The number of aromatic nitrogens is 2. The van der Waals surface area contributed by atoms with Crippen LogP contribution in [0.5, 0.6) is 11.5 Å². The lowest BCUT2D eigenvalue weighted by atomic mass is 10.1. The lowest BCUT2D eigenvalue weighted by molar-refractivity contribution is -0.127. The predicted octanol–water partition coefficient (Wildman–Crippen LogP) is 4.70. The molecule has 2 unspecified atom stereocenters. The lowest BCUT2D eigenvalue weighted by Crippen LogP contribution is -2.58. The van der Waals surface area contributed by atoms with Gasteiger partial charge in [-0.3, -0.25) is 9.80 Å². The van der Waals surface area contributed by atoms with Gasteiger partial charge in [-0.1, -0.05) is 12.0 Å². The summed E-state index contributed by atoms with van der Waals surface area (Å²) in [4.78, 5) is 27.9. The molecule has 3 aliphatic rings. The number of ether oxygens (including phenoxy) is 2. The van der Waals surface area contributed by atoms with E-state index >= 15 is 4.39 Å². The Morgan fingerprint density at radius 3 is 2.92 bits per heavy atom. The molecule has 0 spiro atoms. The van der Waals surface area contributed by atoms with Gasteiger partial charge in [0.25, 0.3) is 0 Å². The van der Waals surface area contributed by atoms with Crippen molar-refractivity contribution in [3.63, 3.8) is 0 Å². The molecular weight excluding hydrogens is 611 g/mol. The quantitative estimate of drug-likeness (QED) is 0.201. The van der Waals surface area contributed by atoms with Gasteiger partial charge in [-0.05, 0) is 64.4 Å². The van der Waals surface area contributed by atoms with Crippen LogP contribution in [0.15, 0.2) is 72.0 Å². The molecule has 0 radical (unpaired) electrons. The van der Waals surface area contributed by atoms with Crippen molar-refractivity contribution in [1.29, 1.82) is 0 Å². The topological polar surface area (TPSA) is 98.7 Å². The van der Waals surface area contributed by atoms with Crippen molar-refractivity contribution in [2.24, 2.45) is 11.0 Å². The standard InChI is InChI=1S/C36H39FN8O3/c1-6-24(2)20-40-44-16-13-27(14-17-44)48-31-12-10-29(34(37)25(31)3)41-36-33-28(38-23-39-36)9-11-30-35(33)47-22-26-21-43(18-19-45(26)30)32(46)8-7-15-42(4)5/h1,7-14,16,20,23-24,26H,15,17-19,21-22H2,2-5H3,(H,38,39,41)/b8-7+,40-20-. The van der Waals surface area contributed by atoms with Crippen LogP contribution in [-0.4, -0.2) is 96.4 Å². The first-order valence-electron chi connectivity index (χ1n) is 15.9. The summed E-state index contributed by atoms with van der Waals surface area (Å²) in [5.41, 5.74) is 2.17. The number of allylic oxidation sites excluding steroid dienone is 1. The van der Waals surface area contributed by atoms with E-state index in [9.17, 15) is 4.79 Å². The van der Waals surface area contributed by atoms with Crippen LogP contribution in [0, 0.1) is 31.0 Å². The van der Waals surface area contributed by atoms with Gasteiger partial charge in [0.1, 0.15) is 30.3 Å². The van der Waals surface area contributed by atoms with Crippen molar-refractivity contribution in [3.8, 4) is 23.8 Å². The van der Waals surface area contributed by atoms with E-state index in [2.05, 4.69) is 31.2 Å². The van der Waals surface area contributed by atoms with Crippen molar-refractivity contribution >= 4 is 40.2 Å². The van der Waals surface area contributed by atoms with E-state index in [1.54, 1.807) is 48.6 Å². The first kappa shape index (κ1) is 32.5. The molecule has 11 nitrogen and oxygen atoms in total. The Labute approximate surface area is 280 Å². The molecule has 4 heterocycles. The van der Waals surface area contributed by atoms with E-state index in [-0.39, 0.29) is 23.6 Å². The third-order valence-corrected chi connectivity index (χ3v) is 8.40. The van der Waals surface area contributed by atoms with E-state index in [0.29, 0.717) is 78.9 Å². The minimum Gasteiger partial charge on any atom is -0.488 e. The molecule has 3 aromatic rings. The molecule has 0 aliphatic carbocycles. The molecule has 12 heteroatoms. The Kier molecular flexibility index (Phi) is 9.59. The second-order valence-electron chi connectivity index (χ2n) is 12.2. The van der Waals surface area contributed by atoms with Gasteiger partial charge >= 0.3 is 0 Å². The monoisotopic (exact) mass is 650 g/mol. The highest BCUT2D eigenvalue weighted by Crippen LogP contribution is 2.43. The summed E-state index contributed by atoms with van der Waals surface area (Å²) < 4.78 is 28.2. The van der Waals surface area contributed by atoms with Gasteiger partial charge < -0.3 is 29.5 Å². The van der Waals surface area contributed by atoms with Crippen LogP contribution in [0.4, 0.5) is 21.6 Å². The number of halogens is 1. The van der Waals surface area contributed by atoms with Gasteiger partial charge in [-0.2, -0.15) is 5.10 Å². The molecule has 1 aromatic heterocycles. The van der Waals surface area contributed by atoms with Crippen molar-refractivity contribution in [1.82, 2.24) is 24.8 Å². The SMILES string of the molecule is C#CC(C)/C=N\N1C=CC(Oc2ccc(Nc3ncnc4ccc5c(c34)OCC3CN(C(=O)/C=C/CN(C)C)CCN53)c(F)c2C)=CC1. The second kappa shape index (κ2) is 14.1. The molecule has 0 bridgehead atoms. The van der Waals surface area contributed by atoms with Crippen LogP contribution in [-0.2, 0) is 4.79 Å². The zero-order chi connectivity index (χ0) is 33.8. The van der Waals surface area contributed by atoms with Crippen molar-refractivity contribution < 1.29 is 18.7 Å². The summed E-state index contributed by atoms with van der Waals surface area (Å²) >= 11 is 0. The van der Waals surface area contributed by atoms with E-state index in [1.807, 2.05) is 55.1 Å². The van der Waals surface area contributed by atoms with Crippen LogP contribution in [0.2, 0.25) is 0 Å². The molecule has 1 saturated heterocycles. The molecule has 3 aliphatic heterocycles. The normalized spacial score (nSPS) is 18.1. The van der Waals surface area contributed by atoms with E-state index in [4.69, 9.17) is 15.9 Å². The fourth-order valence-corrected chi connectivity index (χ4v) is 5.73. The van der Waals surface area contributed by atoms with E-state index < -0.39 is 5.82 Å². The first-order chi connectivity index (χ1) is 23.2. The number of amides is 1. The summed E-state index contributed by atoms with van der Waals surface area (Å²) in [6.45, 7) is 6.97. The van der Waals surface area contributed by atoms with E-state index in [0.717, 1.165) is 5.69 Å². The van der Waals surface area contributed by atoms with Crippen molar-refractivity contribution in [2.45, 2.75) is 19.9 Å². The van der Waals surface area contributed by atoms with Crippen LogP contribution in [0.25, 0.3) is 10.9 Å². The Morgan fingerprint density at radius 2 is 2.15 bits per heavy atom. The number of piperazine rings is 1. The Morgan fingerprint density at radius 1 is 1.29 bits per heavy atom. The van der Waals surface area contributed by atoms with Crippen LogP contribution in [0.3, 0.4) is 0 Å². The fourth-order valence-electron chi connectivity index (χ4n) is 5.73. The zero-order valence-electron chi connectivity index (χ0n) is 27.6. The number of rotatable bonds is 9. The van der Waals surface area contributed by atoms with Gasteiger partial charge in [0, 0.05) is 50.2 Å². The van der Waals surface area contributed by atoms with Crippen LogP contribution < -0.4 is 19.7 Å². The number of benzene rings is 2. The van der Waals surface area contributed by atoms with Crippen LogP contribution >= 0.6 is 0 Å². The Balaban J connectivity index is 1.18. The number of anilines is 3. The van der Waals surface area contributed by atoms with Gasteiger partial charge in [0.2, 0.25) is 5.91 Å². The number of terminal acetylenes is 1. The fraction of sp³-hybridized carbons (Fsp3) is 0.333. The molecule has 2 atom stereocenters. The largest absolute Gasteiger partial charge is 0.488 e. The number of likely N-dealkylation sites (N-methyl/N-ethyl adjacent to an activating group) is 1. The Bertz CT molecular complexity index is 1860. The number of nitrogens with one attached hydrogen (secondary N) is 1. The number of hydrogen-bond acceptors (Lipinski definition) is 10. The highest BCUT2D eigenvalue weighted by Gasteiger charge is 2.35. The minimum atomic E-state index is -0.458. The van der Waals surface area contributed by atoms with Crippen LogP contribution in [0.1, 0.15) is 12.5 Å². The first-order valence-corrected chi connectivity index (χ1v) is 15.9. The second-order valence-corrected chi connectivity index (χ2v) is 12.2. The highest BCUT2D eigenvalue weighted by atomic mass is 19.1. The molecule has 248 valence electrons. The number of nitrogens with zero attached hydrogens (tertiary/aromatic N) is 7. The molecule has 1 fully saturated rings. The number of carbonyl (C=O) groups is 1. The molecule has 48 heavy (non-hydrogen) atoms. The molecule has 6 rings (SSSR count). The van der Waals surface area contributed by atoms with Crippen molar-refractivity contribution in [2.75, 3.05) is 63.6 Å². The molecular formula is C36H39FN8O3. The lowest BCUT2D eigenvalue weighted by Gasteiger charge is -2.45. The number of hydrazone groups is 1. The average molecular weight is 651 g/mol.